The number of carbonyl (C=O) groups excluding carboxylic acids is 1. The second-order valence-electron chi connectivity index (χ2n) is 6.91. The van der Waals surface area contributed by atoms with Crippen LogP contribution in [0.2, 0.25) is 0 Å². The van der Waals surface area contributed by atoms with Crippen molar-refractivity contribution in [2.75, 3.05) is 37.9 Å². The normalized spacial score (nSPS) is 16.9. The van der Waals surface area contributed by atoms with E-state index >= 15 is 0 Å². The van der Waals surface area contributed by atoms with Gasteiger partial charge in [0.25, 0.3) is 5.91 Å². The average molecular weight is 396 g/mol. The molecule has 0 N–H and O–H groups in total. The standard InChI is InChI=1S/C19H20N6O4/c1-13(29-14-2-3-15-16(10-14)28-12-27-15)19(26)24-8-6-23(7-9-24)18-5-4-17-21-20-11-25(17)22-18/h2-5,10-11,13H,6-9,12H2,1H3. The van der Waals surface area contributed by atoms with Gasteiger partial charge in [0, 0.05) is 32.2 Å². The zero-order valence-electron chi connectivity index (χ0n) is 15.9. The number of nitrogens with zero attached hydrogens (tertiary/aromatic N) is 6. The summed E-state index contributed by atoms with van der Waals surface area (Å²) >= 11 is 0. The molecule has 1 atom stereocenters. The molecule has 0 spiro atoms. The Morgan fingerprint density at radius 1 is 1.10 bits per heavy atom. The Morgan fingerprint density at radius 3 is 2.79 bits per heavy atom. The van der Waals surface area contributed by atoms with Crippen LogP contribution in [0.15, 0.2) is 36.7 Å². The summed E-state index contributed by atoms with van der Waals surface area (Å²) in [5, 5.41) is 12.3. The zero-order valence-corrected chi connectivity index (χ0v) is 15.9. The smallest absolute Gasteiger partial charge is 0.263 e. The van der Waals surface area contributed by atoms with Crippen LogP contribution in [0.1, 0.15) is 6.92 Å². The van der Waals surface area contributed by atoms with Gasteiger partial charge < -0.3 is 24.0 Å². The summed E-state index contributed by atoms with van der Waals surface area (Å²) in [7, 11) is 0. The maximum absolute atomic E-state index is 12.8. The van der Waals surface area contributed by atoms with E-state index in [0.29, 0.717) is 49.1 Å². The van der Waals surface area contributed by atoms with Gasteiger partial charge in [0.2, 0.25) is 6.79 Å². The fraction of sp³-hybridized carbons (Fsp3) is 0.368. The van der Waals surface area contributed by atoms with Crippen molar-refractivity contribution < 1.29 is 19.0 Å². The van der Waals surface area contributed by atoms with Gasteiger partial charge in [-0.05, 0) is 31.2 Å². The number of fused-ring (bicyclic) bond motifs is 2. The Labute approximate surface area is 166 Å². The van der Waals surface area contributed by atoms with Gasteiger partial charge in [0.1, 0.15) is 17.9 Å². The molecule has 0 bridgehead atoms. The molecule has 2 aliphatic heterocycles. The Bertz CT molecular complexity index is 1050. The topological polar surface area (TPSA) is 94.3 Å². The maximum Gasteiger partial charge on any atom is 0.263 e. The van der Waals surface area contributed by atoms with Gasteiger partial charge in [-0.1, -0.05) is 0 Å². The molecule has 1 unspecified atom stereocenters. The Kier molecular flexibility index (Phi) is 4.30. The fourth-order valence-corrected chi connectivity index (χ4v) is 3.50. The summed E-state index contributed by atoms with van der Waals surface area (Å²) in [6, 6.07) is 9.12. The highest BCUT2D eigenvalue weighted by atomic mass is 16.7. The van der Waals surface area contributed by atoms with Crippen LogP contribution in [0.5, 0.6) is 17.2 Å². The highest BCUT2D eigenvalue weighted by molar-refractivity contribution is 5.81. The number of amides is 1. The van der Waals surface area contributed by atoms with Crippen LogP contribution in [0.4, 0.5) is 5.82 Å². The summed E-state index contributed by atoms with van der Waals surface area (Å²) < 4.78 is 18.1. The van der Waals surface area contributed by atoms with Crippen LogP contribution in [0, 0.1) is 0 Å². The Morgan fingerprint density at radius 2 is 1.93 bits per heavy atom. The number of rotatable bonds is 4. The molecule has 2 aliphatic rings. The number of ether oxygens (including phenoxy) is 3. The van der Waals surface area contributed by atoms with E-state index in [1.807, 2.05) is 17.0 Å². The molecular formula is C19H20N6O4. The van der Waals surface area contributed by atoms with Gasteiger partial charge in [-0.3, -0.25) is 4.79 Å². The Hall–Kier alpha value is -3.56. The summed E-state index contributed by atoms with van der Waals surface area (Å²) in [4.78, 5) is 16.8. The molecule has 5 rings (SSSR count). The number of hydrogen-bond donors (Lipinski definition) is 0. The first kappa shape index (κ1) is 17.5. The summed E-state index contributed by atoms with van der Waals surface area (Å²) in [6.07, 6.45) is 0.988. The van der Waals surface area contributed by atoms with Crippen molar-refractivity contribution in [2.45, 2.75) is 13.0 Å². The number of piperazine rings is 1. The molecule has 3 aromatic rings. The predicted molar refractivity (Wildman–Crippen MR) is 102 cm³/mol. The first-order valence-electron chi connectivity index (χ1n) is 9.44. The first-order chi connectivity index (χ1) is 14.2. The second-order valence-corrected chi connectivity index (χ2v) is 6.91. The third-order valence-corrected chi connectivity index (χ3v) is 5.07. The van der Waals surface area contributed by atoms with E-state index in [4.69, 9.17) is 14.2 Å². The van der Waals surface area contributed by atoms with Crippen molar-refractivity contribution in [3.63, 3.8) is 0 Å². The second kappa shape index (κ2) is 7.12. The lowest BCUT2D eigenvalue weighted by Gasteiger charge is -2.36. The van der Waals surface area contributed by atoms with Gasteiger partial charge in [-0.15, -0.1) is 15.3 Å². The molecule has 1 saturated heterocycles. The van der Waals surface area contributed by atoms with Crippen molar-refractivity contribution >= 4 is 17.4 Å². The molecule has 0 radical (unpaired) electrons. The van der Waals surface area contributed by atoms with Crippen LogP contribution >= 0.6 is 0 Å². The van der Waals surface area contributed by atoms with E-state index in [2.05, 4.69) is 20.2 Å². The maximum atomic E-state index is 12.8. The molecule has 2 aromatic heterocycles. The first-order valence-corrected chi connectivity index (χ1v) is 9.44. The monoisotopic (exact) mass is 396 g/mol. The molecule has 1 aromatic carbocycles. The lowest BCUT2D eigenvalue weighted by molar-refractivity contribution is -0.138. The molecule has 4 heterocycles. The van der Waals surface area contributed by atoms with Crippen LogP contribution in [-0.4, -0.2) is 69.7 Å². The quantitative estimate of drug-likeness (QED) is 0.644. The molecular weight excluding hydrogens is 376 g/mol. The minimum Gasteiger partial charge on any atom is -0.481 e. The molecule has 1 fully saturated rings. The number of aromatic nitrogens is 4. The molecule has 10 nitrogen and oxygen atoms in total. The Balaban J connectivity index is 1.19. The highest BCUT2D eigenvalue weighted by Crippen LogP contribution is 2.35. The fourth-order valence-electron chi connectivity index (χ4n) is 3.50. The van der Waals surface area contributed by atoms with E-state index in [-0.39, 0.29) is 12.7 Å². The third-order valence-electron chi connectivity index (χ3n) is 5.07. The number of anilines is 1. The lowest BCUT2D eigenvalue weighted by atomic mass is 10.2. The minimum atomic E-state index is -0.589. The van der Waals surface area contributed by atoms with E-state index in [9.17, 15) is 4.79 Å². The minimum absolute atomic E-state index is 0.0375. The zero-order chi connectivity index (χ0) is 19.8. The van der Waals surface area contributed by atoms with Crippen LogP contribution in [0.3, 0.4) is 0 Å². The van der Waals surface area contributed by atoms with Crippen LogP contribution < -0.4 is 19.1 Å². The van der Waals surface area contributed by atoms with Crippen LogP contribution in [0.25, 0.3) is 5.65 Å². The number of hydrogen-bond acceptors (Lipinski definition) is 8. The van der Waals surface area contributed by atoms with Crippen LogP contribution in [-0.2, 0) is 4.79 Å². The van der Waals surface area contributed by atoms with E-state index in [1.165, 1.54) is 0 Å². The van der Waals surface area contributed by atoms with Crippen molar-refractivity contribution in [1.82, 2.24) is 24.7 Å². The SMILES string of the molecule is CC(Oc1ccc2c(c1)OCO2)C(=O)N1CCN(c2ccc3nncn3n2)CC1. The van der Waals surface area contributed by atoms with Gasteiger partial charge in [-0.25, -0.2) is 0 Å². The van der Waals surface area contributed by atoms with Crippen molar-refractivity contribution in [1.29, 1.82) is 0 Å². The highest BCUT2D eigenvalue weighted by Gasteiger charge is 2.27. The van der Waals surface area contributed by atoms with Gasteiger partial charge in [0.15, 0.2) is 23.3 Å². The van der Waals surface area contributed by atoms with E-state index in [0.717, 1.165) is 5.82 Å². The average Bonchev–Trinajstić information content (AvgIpc) is 3.41. The number of carbonyl (C=O) groups is 1. The lowest BCUT2D eigenvalue weighted by Crippen LogP contribution is -2.52. The third kappa shape index (κ3) is 3.37. The molecule has 0 saturated carbocycles. The molecule has 0 aliphatic carbocycles. The van der Waals surface area contributed by atoms with E-state index < -0.39 is 6.10 Å². The largest absolute Gasteiger partial charge is 0.481 e. The van der Waals surface area contributed by atoms with Crippen molar-refractivity contribution in [2.24, 2.45) is 0 Å². The predicted octanol–water partition coefficient (Wildman–Crippen LogP) is 0.969. The molecule has 1 amide bonds. The van der Waals surface area contributed by atoms with Crippen molar-refractivity contribution in [3.8, 4) is 17.2 Å². The van der Waals surface area contributed by atoms with Gasteiger partial charge >= 0.3 is 0 Å². The summed E-state index contributed by atoms with van der Waals surface area (Å²) in [5.74, 6) is 2.71. The summed E-state index contributed by atoms with van der Waals surface area (Å²) in [5.41, 5.74) is 0.706. The van der Waals surface area contributed by atoms with E-state index in [1.54, 1.807) is 36.0 Å². The molecule has 29 heavy (non-hydrogen) atoms. The van der Waals surface area contributed by atoms with Gasteiger partial charge in [-0.2, -0.15) is 4.52 Å². The summed E-state index contributed by atoms with van der Waals surface area (Å²) in [6.45, 7) is 4.58. The van der Waals surface area contributed by atoms with Gasteiger partial charge in [0.05, 0.1) is 0 Å². The molecule has 150 valence electrons. The number of benzene rings is 1. The van der Waals surface area contributed by atoms with Crippen molar-refractivity contribution in [3.05, 3.63) is 36.7 Å². The molecule has 10 heteroatoms.